The van der Waals surface area contributed by atoms with Crippen LogP contribution in [0, 0.1) is 20.8 Å². The molecule has 5 rings (SSSR count). The lowest BCUT2D eigenvalue weighted by Gasteiger charge is -2.12. The Morgan fingerprint density at radius 3 is 2.53 bits per heavy atom. The third kappa shape index (κ3) is 5.05. The Kier molecular flexibility index (Phi) is 7.26. The molecule has 0 unspecified atom stereocenters. The standard InChI is InChI=1S/C26H24BClN6O3S/c1-14-15(2)38-26-23(14)24(18-6-10-20(28)11-7-18)30-21(25-33-31-16(3)34(25)26)12-22(35)32-29-13-17-4-8-19(9-5-17)27(36)37/h4-11,13,21,36-37H,12H2,1-3H3,(H,32,35)/b29-13+/t21-/m0/s1. The van der Waals surface area contributed by atoms with Gasteiger partial charge in [-0.05, 0) is 49.5 Å². The summed E-state index contributed by atoms with van der Waals surface area (Å²) < 4.78 is 1.99. The smallest absolute Gasteiger partial charge is 0.423 e. The highest BCUT2D eigenvalue weighted by Gasteiger charge is 2.32. The average molecular weight is 547 g/mol. The number of nitrogens with zero attached hydrogens (tertiary/aromatic N) is 5. The van der Waals surface area contributed by atoms with Crippen molar-refractivity contribution >= 4 is 53.4 Å². The Bertz CT molecular complexity index is 1560. The molecule has 2 aromatic carbocycles. The van der Waals surface area contributed by atoms with Crippen LogP contribution in [-0.4, -0.2) is 49.8 Å². The van der Waals surface area contributed by atoms with Crippen molar-refractivity contribution < 1.29 is 14.8 Å². The number of carbonyl (C=O) groups is 1. The summed E-state index contributed by atoms with van der Waals surface area (Å²) in [6, 6.07) is 13.4. The molecule has 3 heterocycles. The minimum absolute atomic E-state index is 0.00910. The molecule has 9 nitrogen and oxygen atoms in total. The van der Waals surface area contributed by atoms with Gasteiger partial charge in [0.25, 0.3) is 0 Å². The van der Waals surface area contributed by atoms with Crippen molar-refractivity contribution in [2.75, 3.05) is 0 Å². The number of nitrogens with one attached hydrogen (secondary N) is 1. The molecule has 1 aliphatic heterocycles. The first-order valence-electron chi connectivity index (χ1n) is 11.9. The summed E-state index contributed by atoms with van der Waals surface area (Å²) >= 11 is 7.81. The van der Waals surface area contributed by atoms with Crippen LogP contribution in [0.3, 0.4) is 0 Å². The van der Waals surface area contributed by atoms with Crippen molar-refractivity contribution in [3.8, 4) is 5.00 Å². The number of benzene rings is 2. The number of aromatic nitrogens is 3. The Morgan fingerprint density at radius 2 is 1.84 bits per heavy atom. The van der Waals surface area contributed by atoms with Crippen LogP contribution in [0.4, 0.5) is 0 Å². The van der Waals surface area contributed by atoms with Crippen LogP contribution >= 0.6 is 22.9 Å². The Labute approximate surface area is 228 Å². The van der Waals surface area contributed by atoms with Crippen LogP contribution in [0.2, 0.25) is 5.02 Å². The van der Waals surface area contributed by atoms with Crippen LogP contribution in [0.1, 0.15) is 51.2 Å². The SMILES string of the molecule is Cc1sc2c(c1C)C(c1ccc(Cl)cc1)=N[C@@H](CC(=O)N/N=C/c1ccc(B(O)O)cc1)c1nnc(C)n1-2. The Morgan fingerprint density at radius 1 is 1.13 bits per heavy atom. The van der Waals surface area contributed by atoms with Gasteiger partial charge in [0.1, 0.15) is 16.9 Å². The number of hydrogen-bond donors (Lipinski definition) is 3. The molecule has 0 spiro atoms. The van der Waals surface area contributed by atoms with Gasteiger partial charge in [0, 0.05) is 21.0 Å². The summed E-state index contributed by atoms with van der Waals surface area (Å²) in [7, 11) is -1.54. The molecule has 2 aromatic heterocycles. The van der Waals surface area contributed by atoms with Crippen molar-refractivity contribution in [3.05, 3.63) is 92.3 Å². The van der Waals surface area contributed by atoms with Crippen molar-refractivity contribution in [2.24, 2.45) is 10.1 Å². The number of aliphatic imine (C=N–C) groups is 1. The van der Waals surface area contributed by atoms with Crippen LogP contribution in [-0.2, 0) is 4.79 Å². The molecule has 0 aliphatic carbocycles. The van der Waals surface area contributed by atoms with Gasteiger partial charge in [0.2, 0.25) is 5.91 Å². The van der Waals surface area contributed by atoms with Crippen LogP contribution in [0.5, 0.6) is 0 Å². The molecule has 3 N–H and O–H groups in total. The first-order chi connectivity index (χ1) is 18.2. The summed E-state index contributed by atoms with van der Waals surface area (Å²) in [6.07, 6.45) is 1.49. The number of halogens is 1. The second kappa shape index (κ2) is 10.6. The van der Waals surface area contributed by atoms with E-state index in [1.54, 1.807) is 35.6 Å². The molecule has 0 bridgehead atoms. The van der Waals surface area contributed by atoms with Gasteiger partial charge in [-0.1, -0.05) is 48.0 Å². The molecule has 192 valence electrons. The number of fused-ring (bicyclic) bond motifs is 3. The third-order valence-corrected chi connectivity index (χ3v) is 7.82. The minimum atomic E-state index is -1.54. The summed E-state index contributed by atoms with van der Waals surface area (Å²) in [5.74, 6) is 0.972. The number of aryl methyl sites for hydroxylation is 2. The van der Waals surface area contributed by atoms with Gasteiger partial charge in [0.15, 0.2) is 5.82 Å². The summed E-state index contributed by atoms with van der Waals surface area (Å²) in [5, 5.41) is 32.8. The fraction of sp³-hybridized carbons (Fsp3) is 0.192. The monoisotopic (exact) mass is 546 g/mol. The molecule has 0 radical (unpaired) electrons. The molecule has 1 aliphatic rings. The van der Waals surface area contributed by atoms with Gasteiger partial charge in [-0.3, -0.25) is 14.4 Å². The summed E-state index contributed by atoms with van der Waals surface area (Å²) in [6.45, 7) is 6.04. The minimum Gasteiger partial charge on any atom is -0.423 e. The zero-order valence-electron chi connectivity index (χ0n) is 20.9. The number of hydrogen-bond acceptors (Lipinski definition) is 8. The normalized spacial score (nSPS) is 14.6. The van der Waals surface area contributed by atoms with Gasteiger partial charge in [-0.25, -0.2) is 5.43 Å². The molecule has 0 fully saturated rings. The van der Waals surface area contributed by atoms with Crippen LogP contribution in [0.25, 0.3) is 5.00 Å². The van der Waals surface area contributed by atoms with E-state index in [-0.39, 0.29) is 12.3 Å². The van der Waals surface area contributed by atoms with E-state index in [2.05, 4.69) is 34.6 Å². The van der Waals surface area contributed by atoms with Gasteiger partial charge in [-0.2, -0.15) is 5.10 Å². The summed E-state index contributed by atoms with van der Waals surface area (Å²) in [5.41, 5.74) is 7.41. The molecule has 0 saturated carbocycles. The molecule has 38 heavy (non-hydrogen) atoms. The maximum Gasteiger partial charge on any atom is 0.488 e. The molecular formula is C26H24BClN6O3S. The Balaban J connectivity index is 1.47. The van der Waals surface area contributed by atoms with Crippen molar-refractivity contribution in [2.45, 2.75) is 33.2 Å². The zero-order chi connectivity index (χ0) is 27.0. The first kappa shape index (κ1) is 26.0. The Hall–Kier alpha value is -3.64. The second-order valence-corrected chi connectivity index (χ2v) is 10.6. The highest BCUT2D eigenvalue weighted by Crippen LogP contribution is 2.39. The van der Waals surface area contributed by atoms with Gasteiger partial charge in [0.05, 0.1) is 18.3 Å². The number of rotatable bonds is 6. The molecule has 1 atom stereocenters. The van der Waals surface area contributed by atoms with E-state index in [0.717, 1.165) is 33.2 Å². The highest BCUT2D eigenvalue weighted by atomic mass is 35.5. The number of carbonyl (C=O) groups excluding carboxylic acids is 1. The molecule has 4 aromatic rings. The van der Waals surface area contributed by atoms with Crippen molar-refractivity contribution in [3.63, 3.8) is 0 Å². The lowest BCUT2D eigenvalue weighted by atomic mass is 9.80. The first-order valence-corrected chi connectivity index (χ1v) is 13.1. The predicted octanol–water partition coefficient (Wildman–Crippen LogP) is 3.02. The quantitative estimate of drug-likeness (QED) is 0.195. The molecule has 12 heteroatoms. The topological polar surface area (TPSA) is 125 Å². The van der Waals surface area contributed by atoms with Crippen LogP contribution < -0.4 is 10.9 Å². The largest absolute Gasteiger partial charge is 0.488 e. The third-order valence-electron chi connectivity index (χ3n) is 6.37. The number of hydrazone groups is 1. The van der Waals surface area contributed by atoms with E-state index < -0.39 is 13.2 Å². The van der Waals surface area contributed by atoms with E-state index in [1.807, 2.05) is 35.8 Å². The van der Waals surface area contributed by atoms with Crippen molar-refractivity contribution in [1.82, 2.24) is 20.2 Å². The van der Waals surface area contributed by atoms with Gasteiger partial charge >= 0.3 is 7.12 Å². The molecule has 1 amide bonds. The fourth-order valence-corrected chi connectivity index (χ4v) is 5.63. The lowest BCUT2D eigenvalue weighted by molar-refractivity contribution is -0.121. The van der Waals surface area contributed by atoms with E-state index in [1.165, 1.54) is 11.1 Å². The van der Waals surface area contributed by atoms with E-state index in [4.69, 9.17) is 16.6 Å². The van der Waals surface area contributed by atoms with E-state index in [0.29, 0.717) is 21.9 Å². The zero-order valence-corrected chi connectivity index (χ0v) is 22.5. The molecule has 0 saturated heterocycles. The maximum atomic E-state index is 13.0. The summed E-state index contributed by atoms with van der Waals surface area (Å²) in [4.78, 5) is 19.2. The number of thiophene rings is 1. The maximum absolute atomic E-state index is 13.0. The van der Waals surface area contributed by atoms with Crippen molar-refractivity contribution in [1.29, 1.82) is 0 Å². The van der Waals surface area contributed by atoms with E-state index >= 15 is 0 Å². The second-order valence-electron chi connectivity index (χ2n) is 8.94. The van der Waals surface area contributed by atoms with Gasteiger partial charge < -0.3 is 10.0 Å². The highest BCUT2D eigenvalue weighted by molar-refractivity contribution is 7.15. The van der Waals surface area contributed by atoms with Crippen LogP contribution in [0.15, 0.2) is 58.6 Å². The lowest BCUT2D eigenvalue weighted by Crippen LogP contribution is -2.29. The number of amides is 1. The van der Waals surface area contributed by atoms with E-state index in [9.17, 15) is 14.8 Å². The molecular weight excluding hydrogens is 523 g/mol. The van der Waals surface area contributed by atoms with Gasteiger partial charge in [-0.15, -0.1) is 21.5 Å². The average Bonchev–Trinajstić information content (AvgIpc) is 3.37. The predicted molar refractivity (Wildman–Crippen MR) is 150 cm³/mol. The fourth-order valence-electron chi connectivity index (χ4n) is 4.29.